The first-order valence-electron chi connectivity index (χ1n) is 4.83. The van der Waals surface area contributed by atoms with Crippen molar-refractivity contribution in [3.63, 3.8) is 0 Å². The molecule has 0 spiro atoms. The second-order valence-electron chi connectivity index (χ2n) is 3.51. The Kier molecular flexibility index (Phi) is 2.68. The van der Waals surface area contributed by atoms with Gasteiger partial charge in [0.15, 0.2) is 0 Å². The summed E-state index contributed by atoms with van der Waals surface area (Å²) in [6.07, 6.45) is 0.604. The summed E-state index contributed by atoms with van der Waals surface area (Å²) >= 11 is 0. The van der Waals surface area contributed by atoms with Gasteiger partial charge in [-0.3, -0.25) is 0 Å². The summed E-state index contributed by atoms with van der Waals surface area (Å²) < 4.78 is 13.5. The molecule has 0 saturated heterocycles. The highest BCUT2D eigenvalue weighted by atomic mass is 19.1. The first kappa shape index (κ1) is 9.71. The van der Waals surface area contributed by atoms with Gasteiger partial charge in [0.25, 0.3) is 0 Å². The molecule has 2 aromatic rings. The van der Waals surface area contributed by atoms with Gasteiger partial charge in [0.05, 0.1) is 0 Å². The van der Waals surface area contributed by atoms with Crippen molar-refractivity contribution in [2.75, 3.05) is 5.73 Å². The van der Waals surface area contributed by atoms with Crippen LogP contribution < -0.4 is 5.73 Å². The van der Waals surface area contributed by atoms with Crippen LogP contribution >= 0.6 is 0 Å². The molecule has 2 aromatic carbocycles. The molecule has 15 heavy (non-hydrogen) atoms. The minimum atomic E-state index is -0.237. The maximum absolute atomic E-state index is 13.5. The lowest BCUT2D eigenvalue weighted by molar-refractivity contribution is 0.614. The van der Waals surface area contributed by atoms with Crippen LogP contribution in [-0.2, 0) is 6.42 Å². The molecule has 0 aliphatic carbocycles. The molecule has 2 N–H and O–H groups in total. The summed E-state index contributed by atoms with van der Waals surface area (Å²) in [6, 6.07) is 14.6. The van der Waals surface area contributed by atoms with Crippen molar-refractivity contribution in [2.24, 2.45) is 0 Å². The third-order valence-corrected chi connectivity index (χ3v) is 2.31. The highest BCUT2D eigenvalue weighted by Crippen LogP contribution is 2.15. The Balaban J connectivity index is 2.25. The van der Waals surface area contributed by atoms with Gasteiger partial charge in [-0.2, -0.15) is 0 Å². The van der Waals surface area contributed by atoms with Crippen molar-refractivity contribution in [3.8, 4) is 0 Å². The van der Waals surface area contributed by atoms with Crippen LogP contribution in [0.1, 0.15) is 11.1 Å². The average molecular weight is 201 g/mol. The monoisotopic (exact) mass is 201 g/mol. The lowest BCUT2D eigenvalue weighted by atomic mass is 10.0. The zero-order chi connectivity index (χ0) is 10.7. The fraction of sp³-hybridized carbons (Fsp3) is 0.0769. The third kappa shape index (κ3) is 2.34. The zero-order valence-corrected chi connectivity index (χ0v) is 8.28. The molecular weight excluding hydrogens is 189 g/mol. The number of hydrogen-bond donors (Lipinski definition) is 1. The van der Waals surface area contributed by atoms with E-state index in [0.29, 0.717) is 17.7 Å². The third-order valence-electron chi connectivity index (χ3n) is 2.31. The van der Waals surface area contributed by atoms with Crippen molar-refractivity contribution in [2.45, 2.75) is 6.42 Å². The molecule has 2 rings (SSSR count). The van der Waals surface area contributed by atoms with E-state index in [2.05, 4.69) is 0 Å². The van der Waals surface area contributed by atoms with Crippen molar-refractivity contribution in [3.05, 3.63) is 65.5 Å². The predicted octanol–water partition coefficient (Wildman–Crippen LogP) is 3.00. The smallest absolute Gasteiger partial charge is 0.128 e. The number of rotatable bonds is 2. The number of benzene rings is 2. The van der Waals surface area contributed by atoms with Gasteiger partial charge in [0.1, 0.15) is 5.82 Å². The summed E-state index contributed by atoms with van der Waals surface area (Å²) in [5.74, 6) is -0.237. The SMILES string of the molecule is Nc1ccc(Cc2ccccc2)c(F)c1. The van der Waals surface area contributed by atoms with Gasteiger partial charge < -0.3 is 5.73 Å². The van der Waals surface area contributed by atoms with Gasteiger partial charge in [-0.15, -0.1) is 0 Å². The molecule has 0 aliphatic rings. The normalized spacial score (nSPS) is 10.2. The second-order valence-corrected chi connectivity index (χ2v) is 3.51. The van der Waals surface area contributed by atoms with E-state index in [4.69, 9.17) is 5.73 Å². The first-order chi connectivity index (χ1) is 7.25. The number of halogens is 1. The Morgan fingerprint density at radius 3 is 2.40 bits per heavy atom. The number of anilines is 1. The zero-order valence-electron chi connectivity index (χ0n) is 8.28. The molecule has 0 unspecified atom stereocenters. The Labute approximate surface area is 88.4 Å². The van der Waals surface area contributed by atoms with Gasteiger partial charge in [-0.25, -0.2) is 4.39 Å². The second kappa shape index (κ2) is 4.13. The lowest BCUT2D eigenvalue weighted by Crippen LogP contribution is -1.94. The summed E-state index contributed by atoms with van der Waals surface area (Å²) in [5.41, 5.74) is 7.72. The Morgan fingerprint density at radius 1 is 1.00 bits per heavy atom. The average Bonchev–Trinajstić information content (AvgIpc) is 2.24. The van der Waals surface area contributed by atoms with Crippen LogP contribution in [0.5, 0.6) is 0 Å². The minimum absolute atomic E-state index is 0.237. The predicted molar refractivity (Wildman–Crippen MR) is 60.1 cm³/mol. The summed E-state index contributed by atoms with van der Waals surface area (Å²) in [5, 5.41) is 0. The van der Waals surface area contributed by atoms with E-state index >= 15 is 0 Å². The van der Waals surface area contributed by atoms with Gasteiger partial charge in [0.2, 0.25) is 0 Å². The summed E-state index contributed by atoms with van der Waals surface area (Å²) in [6.45, 7) is 0. The van der Waals surface area contributed by atoms with E-state index in [1.165, 1.54) is 6.07 Å². The molecule has 76 valence electrons. The fourth-order valence-electron chi connectivity index (χ4n) is 1.52. The molecule has 0 radical (unpaired) electrons. The van der Waals surface area contributed by atoms with Crippen LogP contribution in [0.4, 0.5) is 10.1 Å². The van der Waals surface area contributed by atoms with Gasteiger partial charge in [-0.1, -0.05) is 36.4 Å². The Hall–Kier alpha value is -1.83. The number of nitrogens with two attached hydrogens (primary N) is 1. The van der Waals surface area contributed by atoms with Crippen LogP contribution in [0, 0.1) is 5.82 Å². The molecule has 0 atom stereocenters. The van der Waals surface area contributed by atoms with Crippen molar-refractivity contribution >= 4 is 5.69 Å². The maximum Gasteiger partial charge on any atom is 0.128 e. The van der Waals surface area contributed by atoms with Crippen molar-refractivity contribution in [1.29, 1.82) is 0 Å². The quantitative estimate of drug-likeness (QED) is 0.742. The highest BCUT2D eigenvalue weighted by molar-refractivity contribution is 5.41. The van der Waals surface area contributed by atoms with E-state index in [-0.39, 0.29) is 5.82 Å². The van der Waals surface area contributed by atoms with E-state index in [9.17, 15) is 4.39 Å². The molecule has 0 fully saturated rings. The number of hydrogen-bond acceptors (Lipinski definition) is 1. The van der Waals surface area contributed by atoms with E-state index in [1.807, 2.05) is 30.3 Å². The molecule has 1 nitrogen and oxygen atoms in total. The lowest BCUT2D eigenvalue weighted by Gasteiger charge is -2.04. The molecule has 0 saturated carbocycles. The summed E-state index contributed by atoms with van der Waals surface area (Å²) in [7, 11) is 0. The standard InChI is InChI=1S/C13H12FN/c14-13-9-12(15)7-6-11(13)8-10-4-2-1-3-5-10/h1-7,9H,8,15H2. The van der Waals surface area contributed by atoms with E-state index in [0.717, 1.165) is 5.56 Å². The molecular formula is C13H12FN. The first-order valence-corrected chi connectivity index (χ1v) is 4.83. The fourth-order valence-corrected chi connectivity index (χ4v) is 1.52. The molecule has 2 heteroatoms. The van der Waals surface area contributed by atoms with Gasteiger partial charge in [-0.05, 0) is 23.3 Å². The van der Waals surface area contributed by atoms with Crippen LogP contribution in [0.2, 0.25) is 0 Å². The van der Waals surface area contributed by atoms with Gasteiger partial charge >= 0.3 is 0 Å². The van der Waals surface area contributed by atoms with E-state index < -0.39 is 0 Å². The molecule has 0 aromatic heterocycles. The van der Waals surface area contributed by atoms with Crippen LogP contribution in [0.25, 0.3) is 0 Å². The molecule has 0 heterocycles. The maximum atomic E-state index is 13.5. The number of nitrogen functional groups attached to an aromatic ring is 1. The highest BCUT2D eigenvalue weighted by Gasteiger charge is 2.02. The Morgan fingerprint density at radius 2 is 1.73 bits per heavy atom. The van der Waals surface area contributed by atoms with Crippen LogP contribution in [0.15, 0.2) is 48.5 Å². The molecule has 0 amide bonds. The van der Waals surface area contributed by atoms with E-state index in [1.54, 1.807) is 12.1 Å². The van der Waals surface area contributed by atoms with Crippen molar-refractivity contribution in [1.82, 2.24) is 0 Å². The van der Waals surface area contributed by atoms with Crippen molar-refractivity contribution < 1.29 is 4.39 Å². The van der Waals surface area contributed by atoms with Gasteiger partial charge in [0, 0.05) is 12.1 Å². The molecule has 0 bridgehead atoms. The molecule has 0 aliphatic heterocycles. The summed E-state index contributed by atoms with van der Waals surface area (Å²) in [4.78, 5) is 0. The van der Waals surface area contributed by atoms with Crippen LogP contribution in [-0.4, -0.2) is 0 Å². The minimum Gasteiger partial charge on any atom is -0.399 e. The Bertz CT molecular complexity index is 451. The largest absolute Gasteiger partial charge is 0.399 e. The van der Waals surface area contributed by atoms with Crippen LogP contribution in [0.3, 0.4) is 0 Å². The topological polar surface area (TPSA) is 26.0 Å².